The van der Waals surface area contributed by atoms with Gasteiger partial charge in [0, 0.05) is 16.8 Å². The maximum Gasteiger partial charge on any atom is 0.255 e. The number of hydrogen-bond donors (Lipinski definition) is 2. The monoisotopic (exact) mass is 366 g/mol. The Bertz CT molecular complexity index is 981. The third-order valence-corrected chi connectivity index (χ3v) is 3.90. The normalized spacial score (nSPS) is 10.3. The van der Waals surface area contributed by atoms with Gasteiger partial charge in [-0.15, -0.1) is 0 Å². The number of amides is 2. The van der Waals surface area contributed by atoms with Crippen LogP contribution in [0, 0.1) is 18.6 Å². The maximum absolute atomic E-state index is 13.7. The Labute approximate surface area is 154 Å². The van der Waals surface area contributed by atoms with Crippen molar-refractivity contribution in [1.82, 2.24) is 0 Å². The van der Waals surface area contributed by atoms with E-state index in [0.29, 0.717) is 5.69 Å². The van der Waals surface area contributed by atoms with E-state index in [1.165, 1.54) is 24.3 Å². The maximum atomic E-state index is 13.7. The zero-order valence-corrected chi connectivity index (χ0v) is 14.4. The van der Waals surface area contributed by atoms with Crippen molar-refractivity contribution in [2.24, 2.45) is 0 Å². The fourth-order valence-corrected chi connectivity index (χ4v) is 2.44. The molecule has 2 N–H and O–H groups in total. The van der Waals surface area contributed by atoms with Crippen LogP contribution in [-0.4, -0.2) is 11.8 Å². The number of hydrogen-bond acceptors (Lipinski definition) is 2. The molecule has 0 aromatic heterocycles. The fraction of sp³-hybridized carbons (Fsp3) is 0.0476. The molecule has 27 heavy (non-hydrogen) atoms. The van der Waals surface area contributed by atoms with Gasteiger partial charge >= 0.3 is 0 Å². The quantitative estimate of drug-likeness (QED) is 0.698. The van der Waals surface area contributed by atoms with Gasteiger partial charge in [0.05, 0.1) is 0 Å². The Hall–Kier alpha value is -3.54. The van der Waals surface area contributed by atoms with E-state index in [1.807, 2.05) is 19.1 Å². The van der Waals surface area contributed by atoms with Crippen molar-refractivity contribution >= 4 is 23.2 Å². The van der Waals surface area contributed by atoms with E-state index >= 15 is 0 Å². The van der Waals surface area contributed by atoms with Crippen molar-refractivity contribution in [2.45, 2.75) is 6.92 Å². The molecular formula is C21H16F2N2O2. The van der Waals surface area contributed by atoms with E-state index in [-0.39, 0.29) is 11.1 Å². The van der Waals surface area contributed by atoms with Crippen molar-refractivity contribution in [3.05, 3.63) is 95.1 Å². The van der Waals surface area contributed by atoms with E-state index in [1.54, 1.807) is 18.2 Å². The first-order valence-electron chi connectivity index (χ1n) is 8.17. The smallest absolute Gasteiger partial charge is 0.255 e. The molecule has 0 spiro atoms. The van der Waals surface area contributed by atoms with Crippen LogP contribution in [-0.2, 0) is 0 Å². The molecule has 0 unspecified atom stereocenters. The number of rotatable bonds is 4. The summed E-state index contributed by atoms with van der Waals surface area (Å²) in [6, 6.07) is 16.4. The fourth-order valence-electron chi connectivity index (χ4n) is 2.44. The SMILES string of the molecule is Cc1ccc(NC(=O)c2cccc(C(=O)Nc3c(F)cccc3F)c2)cc1. The van der Waals surface area contributed by atoms with Gasteiger partial charge in [-0.3, -0.25) is 9.59 Å². The Kier molecular flexibility index (Phi) is 5.26. The van der Waals surface area contributed by atoms with Crippen LogP contribution in [0.4, 0.5) is 20.2 Å². The Morgan fingerprint density at radius 2 is 1.26 bits per heavy atom. The van der Waals surface area contributed by atoms with Crippen LogP contribution in [0.3, 0.4) is 0 Å². The first-order valence-corrected chi connectivity index (χ1v) is 8.17. The zero-order valence-electron chi connectivity index (χ0n) is 14.4. The summed E-state index contributed by atoms with van der Waals surface area (Å²) in [5.74, 6) is -2.87. The van der Waals surface area contributed by atoms with Gasteiger partial charge < -0.3 is 10.6 Å². The van der Waals surface area contributed by atoms with Crippen molar-refractivity contribution < 1.29 is 18.4 Å². The molecule has 0 heterocycles. The molecule has 0 saturated carbocycles. The zero-order chi connectivity index (χ0) is 19.4. The molecule has 2 amide bonds. The Balaban J connectivity index is 1.77. The van der Waals surface area contributed by atoms with Crippen LogP contribution in [0.15, 0.2) is 66.7 Å². The van der Waals surface area contributed by atoms with Gasteiger partial charge in [-0.05, 0) is 49.4 Å². The molecule has 3 aromatic carbocycles. The predicted molar refractivity (Wildman–Crippen MR) is 99.9 cm³/mol. The molecule has 3 aromatic rings. The molecule has 3 rings (SSSR count). The lowest BCUT2D eigenvalue weighted by molar-refractivity contribution is 0.102. The number of aryl methyl sites for hydroxylation is 1. The topological polar surface area (TPSA) is 58.2 Å². The summed E-state index contributed by atoms with van der Waals surface area (Å²) in [6.45, 7) is 1.94. The number of nitrogens with one attached hydrogen (secondary N) is 2. The molecule has 0 fully saturated rings. The first-order chi connectivity index (χ1) is 12.9. The van der Waals surface area contributed by atoms with Crippen LogP contribution < -0.4 is 10.6 Å². The highest BCUT2D eigenvalue weighted by Crippen LogP contribution is 2.19. The van der Waals surface area contributed by atoms with Crippen LogP contribution in [0.25, 0.3) is 0 Å². The average molecular weight is 366 g/mol. The first kappa shape index (κ1) is 18.3. The Morgan fingerprint density at radius 1 is 0.741 bits per heavy atom. The molecule has 0 atom stereocenters. The van der Waals surface area contributed by atoms with Gasteiger partial charge in [0.15, 0.2) is 0 Å². The van der Waals surface area contributed by atoms with Crippen molar-refractivity contribution in [2.75, 3.05) is 10.6 Å². The standard InChI is InChI=1S/C21H16F2N2O2/c1-13-8-10-16(11-9-13)24-20(26)14-4-2-5-15(12-14)21(27)25-19-17(22)6-3-7-18(19)23/h2-12H,1H3,(H,24,26)(H,25,27). The summed E-state index contributed by atoms with van der Waals surface area (Å²) in [4.78, 5) is 24.7. The Morgan fingerprint density at radius 3 is 1.85 bits per heavy atom. The summed E-state index contributed by atoms with van der Waals surface area (Å²) in [5.41, 5.74) is 1.50. The minimum Gasteiger partial charge on any atom is -0.322 e. The van der Waals surface area contributed by atoms with E-state index in [4.69, 9.17) is 0 Å². The number of anilines is 2. The van der Waals surface area contributed by atoms with Crippen LogP contribution in [0.5, 0.6) is 0 Å². The molecule has 0 aliphatic heterocycles. The molecule has 136 valence electrons. The highest BCUT2D eigenvalue weighted by molar-refractivity contribution is 6.08. The second-order valence-corrected chi connectivity index (χ2v) is 5.95. The third kappa shape index (κ3) is 4.36. The summed E-state index contributed by atoms with van der Waals surface area (Å²) in [6.07, 6.45) is 0. The van der Waals surface area contributed by atoms with E-state index < -0.39 is 29.1 Å². The van der Waals surface area contributed by atoms with Crippen molar-refractivity contribution in [3.63, 3.8) is 0 Å². The molecule has 0 aliphatic rings. The van der Waals surface area contributed by atoms with Gasteiger partial charge in [0.1, 0.15) is 17.3 Å². The number of benzene rings is 3. The largest absolute Gasteiger partial charge is 0.322 e. The minimum atomic E-state index is -0.878. The summed E-state index contributed by atoms with van der Waals surface area (Å²) >= 11 is 0. The number of para-hydroxylation sites is 1. The van der Waals surface area contributed by atoms with E-state index in [9.17, 15) is 18.4 Å². The molecule has 0 radical (unpaired) electrons. The van der Waals surface area contributed by atoms with Gasteiger partial charge in [0.2, 0.25) is 0 Å². The lowest BCUT2D eigenvalue weighted by Gasteiger charge is -2.09. The number of halogens is 2. The van der Waals surface area contributed by atoms with E-state index in [2.05, 4.69) is 10.6 Å². The van der Waals surface area contributed by atoms with E-state index in [0.717, 1.165) is 17.7 Å². The minimum absolute atomic E-state index is 0.106. The van der Waals surface area contributed by atoms with Crippen LogP contribution in [0.1, 0.15) is 26.3 Å². The summed E-state index contributed by atoms with van der Waals surface area (Å²) in [7, 11) is 0. The van der Waals surface area contributed by atoms with Crippen LogP contribution in [0.2, 0.25) is 0 Å². The second kappa shape index (κ2) is 7.78. The van der Waals surface area contributed by atoms with Crippen molar-refractivity contribution in [3.8, 4) is 0 Å². The van der Waals surface area contributed by atoms with Gasteiger partial charge in [0.25, 0.3) is 11.8 Å². The third-order valence-electron chi connectivity index (χ3n) is 3.90. The van der Waals surface area contributed by atoms with Crippen LogP contribution >= 0.6 is 0 Å². The molecule has 0 bridgehead atoms. The number of carbonyl (C=O) groups is 2. The average Bonchev–Trinajstić information content (AvgIpc) is 2.66. The lowest BCUT2D eigenvalue weighted by atomic mass is 10.1. The highest BCUT2D eigenvalue weighted by atomic mass is 19.1. The highest BCUT2D eigenvalue weighted by Gasteiger charge is 2.15. The second-order valence-electron chi connectivity index (χ2n) is 5.95. The van der Waals surface area contributed by atoms with Gasteiger partial charge in [-0.25, -0.2) is 8.78 Å². The molecule has 0 aliphatic carbocycles. The summed E-state index contributed by atoms with van der Waals surface area (Å²) in [5, 5.41) is 4.93. The lowest BCUT2D eigenvalue weighted by Crippen LogP contribution is -2.16. The summed E-state index contributed by atoms with van der Waals surface area (Å²) < 4.78 is 27.4. The van der Waals surface area contributed by atoms with Gasteiger partial charge in [-0.2, -0.15) is 0 Å². The van der Waals surface area contributed by atoms with Gasteiger partial charge in [-0.1, -0.05) is 29.8 Å². The number of carbonyl (C=O) groups excluding carboxylic acids is 2. The van der Waals surface area contributed by atoms with Crippen molar-refractivity contribution in [1.29, 1.82) is 0 Å². The predicted octanol–water partition coefficient (Wildman–Crippen LogP) is 4.78. The molecule has 0 saturated heterocycles. The molecule has 4 nitrogen and oxygen atoms in total. The molecule has 6 heteroatoms. The molecular weight excluding hydrogens is 350 g/mol.